The van der Waals surface area contributed by atoms with Crippen molar-refractivity contribution in [3.05, 3.63) is 29.8 Å². The number of benzene rings is 1. The maximum atomic E-state index is 12.8. The number of piperidine rings is 1. The van der Waals surface area contributed by atoms with Crippen LogP contribution in [0, 0.1) is 12.8 Å². The normalized spacial score (nSPS) is 24.0. The molecule has 2 fully saturated rings. The Morgan fingerprint density at radius 2 is 1.78 bits per heavy atom. The minimum Gasteiger partial charge on any atom is -0.484 e. The molecule has 2 aliphatic rings. The van der Waals surface area contributed by atoms with E-state index in [-0.39, 0.29) is 36.5 Å². The number of hydrogen-bond acceptors (Lipinski definition) is 4. The SMILES string of the molecule is Cc1cccc(OCC(=O)N2CCC(C(=O)N3CC(C)OC(C)C3)CC2)c1. The molecule has 1 aromatic carbocycles. The fourth-order valence-corrected chi connectivity index (χ4v) is 3.93. The van der Waals surface area contributed by atoms with Crippen LogP contribution >= 0.6 is 0 Å². The Labute approximate surface area is 161 Å². The number of hydrogen-bond donors (Lipinski definition) is 0. The third-order valence-electron chi connectivity index (χ3n) is 5.28. The van der Waals surface area contributed by atoms with E-state index in [1.807, 2.05) is 54.8 Å². The molecule has 1 aromatic rings. The molecule has 0 saturated carbocycles. The van der Waals surface area contributed by atoms with Gasteiger partial charge >= 0.3 is 0 Å². The van der Waals surface area contributed by atoms with Crippen molar-refractivity contribution >= 4 is 11.8 Å². The second-order valence-corrected chi connectivity index (χ2v) is 7.76. The van der Waals surface area contributed by atoms with Gasteiger partial charge < -0.3 is 19.3 Å². The van der Waals surface area contributed by atoms with E-state index in [4.69, 9.17) is 9.47 Å². The molecule has 2 unspecified atom stereocenters. The van der Waals surface area contributed by atoms with E-state index >= 15 is 0 Å². The Morgan fingerprint density at radius 3 is 2.41 bits per heavy atom. The van der Waals surface area contributed by atoms with Gasteiger partial charge in [-0.15, -0.1) is 0 Å². The molecule has 2 aliphatic heterocycles. The van der Waals surface area contributed by atoms with Gasteiger partial charge in [0.2, 0.25) is 5.91 Å². The standard InChI is InChI=1S/C21H30N2O4/c1-15-5-4-6-19(11-15)26-14-20(24)22-9-7-18(8-10-22)21(25)23-12-16(2)27-17(3)13-23/h4-6,11,16-18H,7-10,12-14H2,1-3H3. The van der Waals surface area contributed by atoms with E-state index < -0.39 is 0 Å². The predicted molar refractivity (Wildman–Crippen MR) is 103 cm³/mol. The summed E-state index contributed by atoms with van der Waals surface area (Å²) in [7, 11) is 0. The zero-order valence-corrected chi connectivity index (χ0v) is 16.5. The second-order valence-electron chi connectivity index (χ2n) is 7.76. The van der Waals surface area contributed by atoms with Crippen LogP contribution in [0.4, 0.5) is 0 Å². The minimum absolute atomic E-state index is 0.00393. The Morgan fingerprint density at radius 1 is 1.11 bits per heavy atom. The van der Waals surface area contributed by atoms with Gasteiger partial charge in [-0.1, -0.05) is 12.1 Å². The van der Waals surface area contributed by atoms with Gasteiger partial charge in [-0.25, -0.2) is 0 Å². The first kappa shape index (κ1) is 19.7. The molecule has 0 radical (unpaired) electrons. The lowest BCUT2D eigenvalue weighted by atomic mass is 9.94. The summed E-state index contributed by atoms with van der Waals surface area (Å²) in [5.41, 5.74) is 1.10. The molecule has 0 spiro atoms. The molecule has 2 amide bonds. The Balaban J connectivity index is 1.45. The number of likely N-dealkylation sites (tertiary alicyclic amines) is 1. The van der Waals surface area contributed by atoms with Crippen LogP contribution in [-0.4, -0.2) is 66.6 Å². The Bertz CT molecular complexity index is 660. The summed E-state index contributed by atoms with van der Waals surface area (Å²) in [5.74, 6) is 0.907. The zero-order chi connectivity index (χ0) is 19.4. The van der Waals surface area contributed by atoms with Crippen molar-refractivity contribution in [3.63, 3.8) is 0 Å². The van der Waals surface area contributed by atoms with Gasteiger partial charge in [0.15, 0.2) is 6.61 Å². The van der Waals surface area contributed by atoms with Gasteiger partial charge in [-0.3, -0.25) is 9.59 Å². The number of nitrogens with zero attached hydrogens (tertiary/aromatic N) is 2. The summed E-state index contributed by atoms with van der Waals surface area (Å²) < 4.78 is 11.3. The van der Waals surface area contributed by atoms with Crippen LogP contribution in [0.2, 0.25) is 0 Å². The lowest BCUT2D eigenvalue weighted by Gasteiger charge is -2.39. The molecule has 2 atom stereocenters. The first-order chi connectivity index (χ1) is 12.9. The number of carbonyl (C=O) groups excluding carboxylic acids is 2. The van der Waals surface area contributed by atoms with Crippen LogP contribution in [0.25, 0.3) is 0 Å². The van der Waals surface area contributed by atoms with Crippen LogP contribution in [0.1, 0.15) is 32.3 Å². The van der Waals surface area contributed by atoms with Gasteiger partial charge in [-0.2, -0.15) is 0 Å². The van der Waals surface area contributed by atoms with E-state index in [2.05, 4.69) is 0 Å². The van der Waals surface area contributed by atoms with E-state index in [1.165, 1.54) is 0 Å². The summed E-state index contributed by atoms with van der Waals surface area (Å²) >= 11 is 0. The molecule has 148 valence electrons. The largest absolute Gasteiger partial charge is 0.484 e. The van der Waals surface area contributed by atoms with Crippen LogP contribution in [0.15, 0.2) is 24.3 Å². The number of rotatable bonds is 4. The van der Waals surface area contributed by atoms with Gasteiger partial charge in [0, 0.05) is 32.1 Å². The van der Waals surface area contributed by atoms with Crippen LogP contribution in [-0.2, 0) is 14.3 Å². The van der Waals surface area contributed by atoms with Crippen molar-refractivity contribution in [3.8, 4) is 5.75 Å². The molecular weight excluding hydrogens is 344 g/mol. The molecule has 6 nitrogen and oxygen atoms in total. The van der Waals surface area contributed by atoms with E-state index in [0.717, 1.165) is 18.4 Å². The monoisotopic (exact) mass is 374 g/mol. The van der Waals surface area contributed by atoms with E-state index in [9.17, 15) is 9.59 Å². The summed E-state index contributed by atoms with van der Waals surface area (Å²) in [6, 6.07) is 7.68. The molecule has 27 heavy (non-hydrogen) atoms. The molecule has 0 aromatic heterocycles. The Kier molecular flexibility index (Phi) is 6.37. The van der Waals surface area contributed by atoms with Crippen LogP contribution in [0.3, 0.4) is 0 Å². The lowest BCUT2D eigenvalue weighted by Crippen LogP contribution is -2.52. The number of ether oxygens (including phenoxy) is 2. The quantitative estimate of drug-likeness (QED) is 0.811. The zero-order valence-electron chi connectivity index (χ0n) is 16.5. The van der Waals surface area contributed by atoms with Gasteiger partial charge in [0.25, 0.3) is 5.91 Å². The second kappa shape index (κ2) is 8.74. The van der Waals surface area contributed by atoms with Crippen LogP contribution in [0.5, 0.6) is 5.75 Å². The third kappa shape index (κ3) is 5.22. The van der Waals surface area contributed by atoms with Gasteiger partial charge in [0.1, 0.15) is 5.75 Å². The molecule has 2 saturated heterocycles. The highest BCUT2D eigenvalue weighted by Gasteiger charge is 2.33. The van der Waals surface area contributed by atoms with E-state index in [0.29, 0.717) is 31.9 Å². The molecule has 0 N–H and O–H groups in total. The fraction of sp³-hybridized carbons (Fsp3) is 0.619. The maximum absolute atomic E-state index is 12.8. The van der Waals surface area contributed by atoms with Crippen molar-refractivity contribution in [2.24, 2.45) is 5.92 Å². The predicted octanol–water partition coefficient (Wildman–Crippen LogP) is 2.25. The summed E-state index contributed by atoms with van der Waals surface area (Å²) in [6.45, 7) is 8.59. The van der Waals surface area contributed by atoms with E-state index in [1.54, 1.807) is 0 Å². The van der Waals surface area contributed by atoms with Crippen molar-refractivity contribution < 1.29 is 19.1 Å². The molecular formula is C21H30N2O4. The summed E-state index contributed by atoms with van der Waals surface area (Å²) in [5, 5.41) is 0. The highest BCUT2D eigenvalue weighted by atomic mass is 16.5. The first-order valence-electron chi connectivity index (χ1n) is 9.84. The summed E-state index contributed by atoms with van der Waals surface area (Å²) in [6.07, 6.45) is 1.60. The Hall–Kier alpha value is -2.08. The average Bonchev–Trinajstić information content (AvgIpc) is 2.65. The van der Waals surface area contributed by atoms with Crippen molar-refractivity contribution in [2.75, 3.05) is 32.8 Å². The molecule has 2 heterocycles. The number of carbonyl (C=O) groups is 2. The molecule has 0 bridgehead atoms. The smallest absolute Gasteiger partial charge is 0.260 e. The third-order valence-corrected chi connectivity index (χ3v) is 5.28. The van der Waals surface area contributed by atoms with Gasteiger partial charge in [0.05, 0.1) is 12.2 Å². The van der Waals surface area contributed by atoms with Crippen LogP contribution < -0.4 is 4.74 Å². The maximum Gasteiger partial charge on any atom is 0.260 e. The van der Waals surface area contributed by atoms with Crippen molar-refractivity contribution in [1.82, 2.24) is 9.80 Å². The minimum atomic E-state index is -0.0176. The number of amides is 2. The topological polar surface area (TPSA) is 59.1 Å². The first-order valence-corrected chi connectivity index (χ1v) is 9.84. The fourth-order valence-electron chi connectivity index (χ4n) is 3.93. The number of aryl methyl sites for hydroxylation is 1. The number of morpholine rings is 1. The van der Waals surface area contributed by atoms with Gasteiger partial charge in [-0.05, 0) is 51.3 Å². The average molecular weight is 374 g/mol. The highest BCUT2D eigenvalue weighted by Crippen LogP contribution is 2.22. The van der Waals surface area contributed by atoms with Crippen molar-refractivity contribution in [1.29, 1.82) is 0 Å². The highest BCUT2D eigenvalue weighted by molar-refractivity contribution is 5.81. The molecule has 6 heteroatoms. The molecule has 0 aliphatic carbocycles. The lowest BCUT2D eigenvalue weighted by molar-refractivity contribution is -0.150. The van der Waals surface area contributed by atoms with Crippen molar-refractivity contribution in [2.45, 2.75) is 45.8 Å². The molecule has 3 rings (SSSR count). The summed E-state index contributed by atoms with van der Waals surface area (Å²) in [4.78, 5) is 29.0.